The summed E-state index contributed by atoms with van der Waals surface area (Å²) in [6.45, 7) is 11.5. The van der Waals surface area contributed by atoms with Gasteiger partial charge in [0.1, 0.15) is 0 Å². The van der Waals surface area contributed by atoms with E-state index in [1.165, 1.54) is 35.3 Å². The molecule has 4 heteroatoms. The third kappa shape index (κ3) is 3.75. The molecule has 1 aliphatic rings. The van der Waals surface area contributed by atoms with Crippen LogP contribution in [-0.2, 0) is 15.6 Å². The summed E-state index contributed by atoms with van der Waals surface area (Å²) in [5.41, 5.74) is 4.79. The summed E-state index contributed by atoms with van der Waals surface area (Å²) in [5.74, 6) is -0.277. The second-order valence-electron chi connectivity index (χ2n) is 8.21. The Bertz CT molecular complexity index is 846. The molecule has 0 saturated carbocycles. The van der Waals surface area contributed by atoms with Crippen LogP contribution in [0.25, 0.3) is 0 Å². The van der Waals surface area contributed by atoms with Gasteiger partial charge in [-0.25, -0.2) is 4.79 Å². The minimum Gasteiger partial charge on any atom is -0.462 e. The number of rotatable bonds is 4. The summed E-state index contributed by atoms with van der Waals surface area (Å²) in [6.07, 6.45) is 4.23. The van der Waals surface area contributed by atoms with E-state index in [4.69, 9.17) is 4.74 Å². The fourth-order valence-corrected chi connectivity index (χ4v) is 4.27. The summed E-state index contributed by atoms with van der Waals surface area (Å²) in [7, 11) is 0. The number of carbonyl (C=O) groups is 1. The zero-order valence-electron chi connectivity index (χ0n) is 16.3. The highest BCUT2D eigenvalue weighted by molar-refractivity contribution is 7.12. The summed E-state index contributed by atoms with van der Waals surface area (Å²) < 4.78 is 5.03. The van der Waals surface area contributed by atoms with E-state index in [-0.39, 0.29) is 16.8 Å². The molecular weight excluding hydrogens is 342 g/mol. The first-order valence-corrected chi connectivity index (χ1v) is 10.1. The van der Waals surface area contributed by atoms with Gasteiger partial charge in [-0.1, -0.05) is 33.8 Å². The van der Waals surface area contributed by atoms with Crippen LogP contribution in [0, 0.1) is 0 Å². The minimum atomic E-state index is -0.277. The monoisotopic (exact) mass is 369 g/mol. The van der Waals surface area contributed by atoms with Crippen LogP contribution in [0.3, 0.4) is 0 Å². The highest BCUT2D eigenvalue weighted by Gasteiger charge is 2.36. The van der Waals surface area contributed by atoms with Gasteiger partial charge in [-0.2, -0.15) is 0 Å². The lowest BCUT2D eigenvalue weighted by Crippen LogP contribution is -2.33. The number of ether oxygens (including phenoxy) is 1. The smallest absolute Gasteiger partial charge is 0.338 e. The SMILES string of the molecule is CCOC(=O)c1csc(C=Nc2ccc3c(c2)C(C)(C)CCC3(C)C)c1. The molecule has 26 heavy (non-hydrogen) atoms. The number of thiophene rings is 1. The normalized spacial score (nSPS) is 17.9. The average Bonchev–Trinajstić information content (AvgIpc) is 3.07. The average molecular weight is 370 g/mol. The molecule has 0 bridgehead atoms. The summed E-state index contributed by atoms with van der Waals surface area (Å²) in [5, 5.41) is 1.82. The number of nitrogens with zero attached hydrogens (tertiary/aromatic N) is 1. The first-order valence-electron chi connectivity index (χ1n) is 9.18. The lowest BCUT2D eigenvalue weighted by molar-refractivity contribution is 0.0527. The van der Waals surface area contributed by atoms with Crippen LogP contribution in [0.1, 0.15) is 73.8 Å². The highest BCUT2D eigenvalue weighted by atomic mass is 32.1. The topological polar surface area (TPSA) is 38.7 Å². The van der Waals surface area contributed by atoms with Gasteiger partial charge in [-0.3, -0.25) is 4.99 Å². The van der Waals surface area contributed by atoms with E-state index in [9.17, 15) is 4.79 Å². The maximum atomic E-state index is 11.8. The molecule has 2 aromatic rings. The lowest BCUT2D eigenvalue weighted by Gasteiger charge is -2.41. The number of hydrogen-bond donors (Lipinski definition) is 0. The first-order chi connectivity index (χ1) is 12.2. The number of esters is 1. The van der Waals surface area contributed by atoms with E-state index in [2.05, 4.69) is 50.9 Å². The molecule has 1 aromatic heterocycles. The van der Waals surface area contributed by atoms with Gasteiger partial charge in [0, 0.05) is 16.5 Å². The largest absolute Gasteiger partial charge is 0.462 e. The maximum Gasteiger partial charge on any atom is 0.338 e. The second kappa shape index (κ2) is 6.99. The third-order valence-electron chi connectivity index (χ3n) is 5.31. The number of carbonyl (C=O) groups excluding carboxylic acids is 1. The molecular formula is C22H27NO2S. The first kappa shape index (κ1) is 18.8. The number of fused-ring (bicyclic) bond motifs is 1. The molecule has 1 aliphatic carbocycles. The van der Waals surface area contributed by atoms with Gasteiger partial charge in [0.2, 0.25) is 0 Å². The van der Waals surface area contributed by atoms with Gasteiger partial charge in [0.05, 0.1) is 17.9 Å². The standard InChI is InChI=1S/C22H27NO2S/c1-6-25-20(24)15-11-17(26-14-15)13-23-16-7-8-18-19(12-16)22(4,5)10-9-21(18,2)3/h7-8,11-14H,6,9-10H2,1-5H3. The molecule has 3 nitrogen and oxygen atoms in total. The summed E-state index contributed by atoms with van der Waals surface area (Å²) in [6, 6.07) is 8.39. The minimum absolute atomic E-state index is 0.177. The summed E-state index contributed by atoms with van der Waals surface area (Å²) in [4.78, 5) is 17.4. The van der Waals surface area contributed by atoms with Crippen LogP contribution in [0.2, 0.25) is 0 Å². The predicted molar refractivity (Wildman–Crippen MR) is 109 cm³/mol. The van der Waals surface area contributed by atoms with Gasteiger partial charge < -0.3 is 4.74 Å². The quantitative estimate of drug-likeness (QED) is 0.488. The number of hydrogen-bond acceptors (Lipinski definition) is 4. The van der Waals surface area contributed by atoms with E-state index in [1.54, 1.807) is 0 Å². The van der Waals surface area contributed by atoms with Crippen molar-refractivity contribution in [1.82, 2.24) is 0 Å². The zero-order valence-corrected chi connectivity index (χ0v) is 17.1. The van der Waals surface area contributed by atoms with Crippen molar-refractivity contribution in [2.45, 2.75) is 58.3 Å². The molecule has 1 heterocycles. The fourth-order valence-electron chi connectivity index (χ4n) is 3.54. The van der Waals surface area contributed by atoms with Crippen molar-refractivity contribution >= 4 is 29.2 Å². The van der Waals surface area contributed by atoms with Gasteiger partial charge in [-0.05, 0) is 59.9 Å². The van der Waals surface area contributed by atoms with Crippen LogP contribution in [0.4, 0.5) is 5.69 Å². The Hall–Kier alpha value is -1.94. The van der Waals surface area contributed by atoms with Crippen LogP contribution in [-0.4, -0.2) is 18.8 Å². The van der Waals surface area contributed by atoms with Crippen LogP contribution in [0.5, 0.6) is 0 Å². The molecule has 0 spiro atoms. The Balaban J connectivity index is 1.85. The molecule has 1 aromatic carbocycles. The van der Waals surface area contributed by atoms with Crippen LogP contribution >= 0.6 is 11.3 Å². The van der Waals surface area contributed by atoms with Crippen LogP contribution < -0.4 is 0 Å². The van der Waals surface area contributed by atoms with Crippen molar-refractivity contribution in [2.75, 3.05) is 6.61 Å². The second-order valence-corrected chi connectivity index (χ2v) is 9.16. The van der Waals surface area contributed by atoms with Gasteiger partial charge in [0.25, 0.3) is 0 Å². The maximum absolute atomic E-state index is 11.8. The van der Waals surface area contributed by atoms with Crippen molar-refractivity contribution in [3.8, 4) is 0 Å². The van der Waals surface area contributed by atoms with Crippen molar-refractivity contribution in [1.29, 1.82) is 0 Å². The third-order valence-corrected chi connectivity index (χ3v) is 6.18. The van der Waals surface area contributed by atoms with E-state index in [1.807, 2.05) is 24.6 Å². The predicted octanol–water partition coefficient (Wildman–Crippen LogP) is 6.02. The molecule has 0 aliphatic heterocycles. The fraction of sp³-hybridized carbons (Fsp3) is 0.455. The zero-order chi connectivity index (χ0) is 18.9. The van der Waals surface area contributed by atoms with E-state index in [0.29, 0.717) is 12.2 Å². The van der Waals surface area contributed by atoms with E-state index < -0.39 is 0 Å². The van der Waals surface area contributed by atoms with Crippen LogP contribution in [0.15, 0.2) is 34.6 Å². The Morgan fingerprint density at radius 3 is 2.54 bits per heavy atom. The molecule has 3 rings (SSSR count). The number of aliphatic imine (C=N–C) groups is 1. The van der Waals surface area contributed by atoms with Gasteiger partial charge >= 0.3 is 5.97 Å². The van der Waals surface area contributed by atoms with Crippen molar-refractivity contribution in [2.24, 2.45) is 4.99 Å². The highest BCUT2D eigenvalue weighted by Crippen LogP contribution is 2.46. The number of benzene rings is 1. The molecule has 0 amide bonds. The van der Waals surface area contributed by atoms with E-state index in [0.717, 1.165) is 10.6 Å². The van der Waals surface area contributed by atoms with E-state index >= 15 is 0 Å². The Kier molecular flexibility index (Phi) is 5.07. The molecule has 0 atom stereocenters. The molecule has 0 N–H and O–H groups in total. The molecule has 0 saturated heterocycles. The molecule has 0 radical (unpaired) electrons. The Morgan fingerprint density at radius 2 is 1.85 bits per heavy atom. The molecule has 0 fully saturated rings. The van der Waals surface area contributed by atoms with Gasteiger partial charge in [-0.15, -0.1) is 11.3 Å². The lowest BCUT2D eigenvalue weighted by atomic mass is 9.63. The Labute approximate surface area is 160 Å². The molecule has 0 unspecified atom stereocenters. The summed E-state index contributed by atoms with van der Waals surface area (Å²) >= 11 is 1.50. The van der Waals surface area contributed by atoms with Crippen molar-refractivity contribution < 1.29 is 9.53 Å². The Morgan fingerprint density at radius 1 is 1.15 bits per heavy atom. The van der Waals surface area contributed by atoms with Crippen molar-refractivity contribution in [3.05, 3.63) is 51.2 Å². The van der Waals surface area contributed by atoms with Crippen molar-refractivity contribution in [3.63, 3.8) is 0 Å². The van der Waals surface area contributed by atoms with Gasteiger partial charge in [0.15, 0.2) is 0 Å². The molecule has 138 valence electrons.